The minimum absolute atomic E-state index is 0.0971. The van der Waals surface area contributed by atoms with Gasteiger partial charge in [0.25, 0.3) is 0 Å². The van der Waals surface area contributed by atoms with Crippen molar-refractivity contribution in [2.45, 2.75) is 130 Å². The summed E-state index contributed by atoms with van der Waals surface area (Å²) in [7, 11) is -5.18. The van der Waals surface area contributed by atoms with Gasteiger partial charge in [-0.25, -0.2) is 0 Å². The van der Waals surface area contributed by atoms with E-state index in [1.807, 2.05) is 4.72 Å². The Morgan fingerprint density at radius 1 is 0.733 bits per heavy atom. The third kappa shape index (κ3) is 13.9. The van der Waals surface area contributed by atoms with Gasteiger partial charge in [0, 0.05) is 41.5 Å². The number of carbonyl (C=O) groups excluding carboxylic acids is 6. The summed E-state index contributed by atoms with van der Waals surface area (Å²) in [5.41, 5.74) is -2.66. The van der Waals surface area contributed by atoms with E-state index in [1.165, 1.54) is 0 Å². The molecule has 10 atom stereocenters. The van der Waals surface area contributed by atoms with Gasteiger partial charge in [0.05, 0.1) is 6.61 Å². The van der Waals surface area contributed by atoms with E-state index in [0.717, 1.165) is 41.5 Å². The Balaban J connectivity index is 2.31. The average Bonchev–Trinajstić information content (AvgIpc) is 3.15. The van der Waals surface area contributed by atoms with Gasteiger partial charge in [-0.05, 0) is 26.3 Å². The van der Waals surface area contributed by atoms with Crippen LogP contribution in [-0.4, -0.2) is 148 Å². The lowest BCUT2D eigenvalue weighted by Crippen LogP contribution is -2.77. The number of ether oxygens (including phenoxy) is 9. The van der Waals surface area contributed by atoms with Crippen molar-refractivity contribution in [3.8, 4) is 0 Å². The lowest BCUT2D eigenvalue weighted by molar-refractivity contribution is -1.08. The molecule has 3 N–H and O–H groups in total. The molecule has 2 heterocycles. The molecule has 3 rings (SSSR count). The van der Waals surface area contributed by atoms with Crippen LogP contribution in [0.3, 0.4) is 0 Å². The molecule has 1 amide bonds. The number of nitrogens with one attached hydrogen (secondary N) is 2. The second-order valence-corrected chi connectivity index (χ2v) is 15.2. The summed E-state index contributed by atoms with van der Waals surface area (Å²) in [5, 5.41) is 15.3. The van der Waals surface area contributed by atoms with Crippen LogP contribution in [0.4, 0.5) is 0 Å². The normalized spacial score (nSPS) is 28.1. The molecule has 338 valence electrons. The summed E-state index contributed by atoms with van der Waals surface area (Å²) < 4.78 is 86.8. The van der Waals surface area contributed by atoms with Crippen molar-refractivity contribution in [3.63, 3.8) is 0 Å². The number of esters is 5. The van der Waals surface area contributed by atoms with E-state index in [2.05, 4.69) is 5.32 Å². The van der Waals surface area contributed by atoms with Gasteiger partial charge in [-0.3, -0.25) is 28.8 Å². The van der Waals surface area contributed by atoms with Gasteiger partial charge in [0.1, 0.15) is 57.2 Å². The van der Waals surface area contributed by atoms with Crippen molar-refractivity contribution in [1.29, 1.82) is 0 Å². The first-order chi connectivity index (χ1) is 28.1. The van der Waals surface area contributed by atoms with Gasteiger partial charge in [-0.1, -0.05) is 34.6 Å². The Hall–Kier alpha value is -4.33. The SMILES string of the molecule is CC[N+](CC)(CC)OS(=O)(=O)N[C@]1(O)[C@H](O[C@H]2[C@H](OC(C)=O)[C@@H](NC(C)=O)[C@@H](OCc3ccccc3)O[C@@H]2COC(C)=O)O[C@H](COC(C)=O)[C@@H](OC(C)=O)[C@@H]1OC(C)=O. The molecule has 1 aromatic rings. The quantitative estimate of drug-likeness (QED) is 0.0503. The van der Waals surface area contributed by atoms with Gasteiger partial charge in [-0.15, -0.1) is 4.72 Å². The highest BCUT2D eigenvalue weighted by atomic mass is 32.2. The molecule has 0 aliphatic carbocycles. The molecule has 0 spiro atoms. The molecule has 0 saturated carbocycles. The molecule has 60 heavy (non-hydrogen) atoms. The topological polar surface area (TPSA) is 273 Å². The van der Waals surface area contributed by atoms with Crippen molar-refractivity contribution < 1.29 is 93.9 Å². The van der Waals surface area contributed by atoms with Crippen molar-refractivity contribution in [3.05, 3.63) is 35.9 Å². The van der Waals surface area contributed by atoms with E-state index >= 15 is 0 Å². The lowest BCUT2D eigenvalue weighted by Gasteiger charge is -2.52. The highest BCUT2D eigenvalue weighted by Gasteiger charge is 2.64. The Morgan fingerprint density at radius 3 is 1.73 bits per heavy atom. The number of hydroxylamine groups is 3. The maximum absolute atomic E-state index is 14.0. The summed E-state index contributed by atoms with van der Waals surface area (Å²) in [6, 6.07) is 7.35. The molecular formula is C37H56N3O19S+. The summed E-state index contributed by atoms with van der Waals surface area (Å²) >= 11 is 0. The van der Waals surface area contributed by atoms with Crippen LogP contribution < -0.4 is 10.0 Å². The molecule has 0 unspecified atom stereocenters. The third-order valence-corrected chi connectivity index (χ3v) is 10.5. The first-order valence-electron chi connectivity index (χ1n) is 19.1. The highest BCUT2D eigenvalue weighted by Crippen LogP contribution is 2.38. The predicted octanol–water partition coefficient (Wildman–Crippen LogP) is -0.205. The van der Waals surface area contributed by atoms with Crippen LogP contribution in [0.1, 0.15) is 67.9 Å². The monoisotopic (exact) mass is 878 g/mol. The standard InChI is InChI=1S/C37H55N3O19S/c1-10-40(11-2,12-3)59-60(48,49)39-37(47)34(55-26(9)46)32(53-24(7)44)29(20-51-23(6)43)57-36(37)58-31-28(19-50-22(5)42)56-35(52-18-27-16-14-13-15-17-27)30(38-21(4)41)33(31)54-25(8)45/h13-17,28-36,39,47H,10-12,18-20H2,1-9H3/p+1/t28-,29-,30-,31-,32-,33-,34+,35+,36+,37-/m1/s1. The number of hydrogen-bond acceptors (Lipinski definition) is 19. The maximum Gasteiger partial charge on any atom is 0.383 e. The van der Waals surface area contributed by atoms with E-state index in [-0.39, 0.29) is 26.2 Å². The van der Waals surface area contributed by atoms with Gasteiger partial charge in [-0.2, -0.15) is 13.1 Å². The minimum Gasteiger partial charge on any atom is -0.463 e. The molecule has 0 aromatic heterocycles. The zero-order valence-corrected chi connectivity index (χ0v) is 35.8. The lowest BCUT2D eigenvalue weighted by atomic mass is 9.92. The fourth-order valence-electron chi connectivity index (χ4n) is 6.57. The summed E-state index contributed by atoms with van der Waals surface area (Å²) in [5.74, 6) is -5.38. The fourth-order valence-corrected chi connectivity index (χ4v) is 7.96. The molecule has 1 aromatic carbocycles. The van der Waals surface area contributed by atoms with Crippen molar-refractivity contribution >= 4 is 46.1 Å². The molecular weight excluding hydrogens is 822 g/mol. The molecule has 2 saturated heterocycles. The Labute approximate surface area is 348 Å². The number of amides is 1. The number of nitrogens with zero attached hydrogens (tertiary/aromatic N) is 1. The predicted molar refractivity (Wildman–Crippen MR) is 201 cm³/mol. The first-order valence-corrected chi connectivity index (χ1v) is 20.5. The first kappa shape index (κ1) is 50.0. The Bertz CT molecular complexity index is 1750. The number of aliphatic hydroxyl groups is 1. The summed E-state index contributed by atoms with van der Waals surface area (Å²) in [6.07, 6.45) is -14.7. The largest absolute Gasteiger partial charge is 0.463 e. The number of hydrogen-bond donors (Lipinski definition) is 3. The number of quaternary nitrogens is 1. The number of carbonyl (C=O) groups is 6. The zero-order chi connectivity index (χ0) is 45.0. The summed E-state index contributed by atoms with van der Waals surface area (Å²) in [6.45, 7) is 9.99. The van der Waals surface area contributed by atoms with E-state index in [0.29, 0.717) is 5.56 Å². The van der Waals surface area contributed by atoms with Crippen LogP contribution in [0.25, 0.3) is 0 Å². The van der Waals surface area contributed by atoms with E-state index in [9.17, 15) is 42.3 Å². The molecule has 22 nitrogen and oxygen atoms in total. The number of rotatable bonds is 20. The van der Waals surface area contributed by atoms with Crippen molar-refractivity contribution in [2.75, 3.05) is 32.8 Å². The molecule has 0 radical (unpaired) electrons. The highest BCUT2D eigenvalue weighted by molar-refractivity contribution is 7.84. The van der Waals surface area contributed by atoms with Crippen LogP contribution >= 0.6 is 0 Å². The second kappa shape index (κ2) is 22.0. The maximum atomic E-state index is 14.0. The van der Waals surface area contributed by atoms with Crippen LogP contribution in [-0.2, 0) is 92.6 Å². The van der Waals surface area contributed by atoms with Crippen LogP contribution in [0, 0.1) is 0 Å². The van der Waals surface area contributed by atoms with Gasteiger partial charge in [0.2, 0.25) is 17.9 Å². The van der Waals surface area contributed by atoms with E-state index in [4.69, 9.17) is 46.9 Å². The van der Waals surface area contributed by atoms with Gasteiger partial charge < -0.3 is 53.1 Å². The molecule has 2 aliphatic rings. The zero-order valence-electron chi connectivity index (χ0n) is 35.0. The Kier molecular flexibility index (Phi) is 18.3. The summed E-state index contributed by atoms with van der Waals surface area (Å²) in [4.78, 5) is 74.8. The fraction of sp³-hybridized carbons (Fsp3) is 0.676. The molecule has 2 aliphatic heterocycles. The van der Waals surface area contributed by atoms with E-state index < -0.39 is 125 Å². The number of benzene rings is 1. The van der Waals surface area contributed by atoms with Crippen LogP contribution in [0.5, 0.6) is 0 Å². The minimum atomic E-state index is -5.18. The van der Waals surface area contributed by atoms with Crippen molar-refractivity contribution in [2.24, 2.45) is 0 Å². The smallest absolute Gasteiger partial charge is 0.383 e. The molecule has 2 fully saturated rings. The second-order valence-electron chi connectivity index (χ2n) is 13.9. The average molecular weight is 879 g/mol. The molecule has 0 bridgehead atoms. The third-order valence-electron chi connectivity index (χ3n) is 9.38. The van der Waals surface area contributed by atoms with Crippen LogP contribution in [0.15, 0.2) is 30.3 Å². The van der Waals surface area contributed by atoms with Crippen LogP contribution in [0.2, 0.25) is 0 Å². The van der Waals surface area contributed by atoms with E-state index in [1.54, 1.807) is 51.1 Å². The van der Waals surface area contributed by atoms with Crippen molar-refractivity contribution in [1.82, 2.24) is 10.0 Å². The van der Waals surface area contributed by atoms with Gasteiger partial charge >= 0.3 is 40.2 Å². The van der Waals surface area contributed by atoms with Gasteiger partial charge in [0.15, 0.2) is 24.6 Å². The molecule has 23 heteroatoms. The Morgan fingerprint density at radius 2 is 1.25 bits per heavy atom.